The molecule has 138 valence electrons. The molecule has 1 aromatic heterocycles. The van der Waals surface area contributed by atoms with Crippen molar-refractivity contribution < 1.29 is 9.47 Å². The summed E-state index contributed by atoms with van der Waals surface area (Å²) in [6.07, 6.45) is 0. The lowest BCUT2D eigenvalue weighted by molar-refractivity contribution is 0.188. The summed E-state index contributed by atoms with van der Waals surface area (Å²) in [6.45, 7) is 5.72. The Morgan fingerprint density at radius 1 is 1.19 bits per heavy atom. The van der Waals surface area contributed by atoms with Crippen molar-refractivity contribution in [3.63, 3.8) is 0 Å². The SMILES string of the molecule is COCCn1c(-c2ccc(C(C)C)cc2)nc2c(I)c(Br)cc(OC)c21. The Morgan fingerprint density at radius 2 is 1.88 bits per heavy atom. The number of methoxy groups -OCH3 is 2. The number of hydrogen-bond acceptors (Lipinski definition) is 3. The Kier molecular flexibility index (Phi) is 6.25. The van der Waals surface area contributed by atoms with Gasteiger partial charge in [0.1, 0.15) is 22.6 Å². The Bertz CT molecular complexity index is 920. The summed E-state index contributed by atoms with van der Waals surface area (Å²) in [4.78, 5) is 4.97. The topological polar surface area (TPSA) is 36.3 Å². The first-order chi connectivity index (χ1) is 12.5. The highest BCUT2D eigenvalue weighted by Gasteiger charge is 2.20. The molecule has 0 bridgehead atoms. The summed E-state index contributed by atoms with van der Waals surface area (Å²) in [7, 11) is 3.41. The van der Waals surface area contributed by atoms with E-state index in [-0.39, 0.29) is 0 Å². The van der Waals surface area contributed by atoms with Crippen molar-refractivity contribution >= 4 is 49.6 Å². The highest BCUT2D eigenvalue weighted by molar-refractivity contribution is 14.1. The molecule has 0 saturated carbocycles. The molecule has 0 radical (unpaired) electrons. The van der Waals surface area contributed by atoms with Crippen molar-refractivity contribution in [1.29, 1.82) is 0 Å². The standard InChI is InChI=1S/C20H22BrIN2O2/c1-12(2)13-5-7-14(8-6-13)20-23-18-17(22)15(21)11-16(26-4)19(18)24(20)9-10-25-3/h5-8,11-12H,9-10H2,1-4H3. The highest BCUT2D eigenvalue weighted by atomic mass is 127. The summed E-state index contributed by atoms with van der Waals surface area (Å²) < 4.78 is 15.2. The zero-order chi connectivity index (χ0) is 18.8. The van der Waals surface area contributed by atoms with E-state index in [1.807, 2.05) is 6.07 Å². The van der Waals surface area contributed by atoms with E-state index in [0.717, 1.165) is 36.2 Å². The van der Waals surface area contributed by atoms with Gasteiger partial charge in [0.15, 0.2) is 0 Å². The number of fused-ring (bicyclic) bond motifs is 1. The number of imidazole rings is 1. The number of ether oxygens (including phenoxy) is 2. The van der Waals surface area contributed by atoms with Crippen LogP contribution in [0.2, 0.25) is 0 Å². The van der Waals surface area contributed by atoms with Gasteiger partial charge in [-0.2, -0.15) is 0 Å². The summed E-state index contributed by atoms with van der Waals surface area (Å²) in [5.74, 6) is 2.25. The minimum absolute atomic E-state index is 0.508. The van der Waals surface area contributed by atoms with Crippen LogP contribution in [0, 0.1) is 3.57 Å². The maximum atomic E-state index is 5.65. The first-order valence-electron chi connectivity index (χ1n) is 8.49. The molecule has 0 N–H and O–H groups in total. The molecule has 2 aromatic carbocycles. The van der Waals surface area contributed by atoms with E-state index in [1.54, 1.807) is 14.2 Å². The molecule has 0 fully saturated rings. The van der Waals surface area contributed by atoms with Gasteiger partial charge in [0, 0.05) is 23.7 Å². The number of aromatic nitrogens is 2. The second kappa shape index (κ2) is 8.27. The van der Waals surface area contributed by atoms with Crippen molar-refractivity contribution in [2.45, 2.75) is 26.3 Å². The van der Waals surface area contributed by atoms with E-state index in [0.29, 0.717) is 19.1 Å². The Labute approximate surface area is 176 Å². The Morgan fingerprint density at radius 3 is 2.46 bits per heavy atom. The van der Waals surface area contributed by atoms with Gasteiger partial charge in [-0.05, 0) is 56.1 Å². The molecule has 4 nitrogen and oxygen atoms in total. The van der Waals surface area contributed by atoms with Gasteiger partial charge in [0.2, 0.25) is 0 Å². The molecule has 0 saturated heterocycles. The van der Waals surface area contributed by atoms with Crippen molar-refractivity contribution in [2.24, 2.45) is 0 Å². The predicted octanol–water partition coefficient (Wildman–Crippen LogP) is 5.85. The molecule has 0 atom stereocenters. The molecular formula is C20H22BrIN2O2. The van der Waals surface area contributed by atoms with Crippen molar-refractivity contribution in [3.05, 3.63) is 43.9 Å². The molecule has 1 heterocycles. The van der Waals surface area contributed by atoms with Gasteiger partial charge in [-0.1, -0.05) is 38.1 Å². The zero-order valence-corrected chi connectivity index (χ0v) is 19.1. The molecule has 0 unspecified atom stereocenters. The van der Waals surface area contributed by atoms with Gasteiger partial charge < -0.3 is 14.0 Å². The van der Waals surface area contributed by atoms with Crippen LogP contribution in [0.3, 0.4) is 0 Å². The molecule has 26 heavy (non-hydrogen) atoms. The minimum atomic E-state index is 0.508. The molecule has 0 amide bonds. The van der Waals surface area contributed by atoms with Crippen molar-refractivity contribution in [3.8, 4) is 17.1 Å². The third-order valence-electron chi connectivity index (χ3n) is 4.45. The first kappa shape index (κ1) is 19.6. The van der Waals surface area contributed by atoms with E-state index in [1.165, 1.54) is 5.56 Å². The summed E-state index contributed by atoms with van der Waals surface area (Å²) in [5.41, 5.74) is 4.36. The number of nitrogens with zero attached hydrogens (tertiary/aromatic N) is 2. The van der Waals surface area contributed by atoms with Crippen LogP contribution in [0.4, 0.5) is 0 Å². The second-order valence-electron chi connectivity index (χ2n) is 6.43. The van der Waals surface area contributed by atoms with Crippen LogP contribution in [0.25, 0.3) is 22.4 Å². The minimum Gasteiger partial charge on any atom is -0.494 e. The van der Waals surface area contributed by atoms with Gasteiger partial charge >= 0.3 is 0 Å². The average molecular weight is 529 g/mol. The van der Waals surface area contributed by atoms with Crippen LogP contribution < -0.4 is 4.74 Å². The van der Waals surface area contributed by atoms with Gasteiger partial charge in [-0.25, -0.2) is 4.98 Å². The van der Waals surface area contributed by atoms with Gasteiger partial charge in [0.05, 0.1) is 17.3 Å². The number of benzene rings is 2. The Hall–Kier alpha value is -1.12. The molecule has 0 spiro atoms. The van der Waals surface area contributed by atoms with Crippen LogP contribution >= 0.6 is 38.5 Å². The molecular weight excluding hydrogens is 507 g/mol. The smallest absolute Gasteiger partial charge is 0.145 e. The van der Waals surface area contributed by atoms with Crippen LogP contribution in [-0.4, -0.2) is 30.4 Å². The fourth-order valence-corrected chi connectivity index (χ4v) is 3.94. The largest absolute Gasteiger partial charge is 0.494 e. The van der Waals surface area contributed by atoms with E-state index >= 15 is 0 Å². The molecule has 0 aliphatic rings. The molecule has 6 heteroatoms. The number of halogens is 2. The fraction of sp³-hybridized carbons (Fsp3) is 0.350. The van der Waals surface area contributed by atoms with Crippen LogP contribution in [0.5, 0.6) is 5.75 Å². The quantitative estimate of drug-likeness (QED) is 0.376. The van der Waals surface area contributed by atoms with Crippen LogP contribution in [0.1, 0.15) is 25.3 Å². The normalized spacial score (nSPS) is 11.5. The molecule has 0 aliphatic carbocycles. The average Bonchev–Trinajstić information content (AvgIpc) is 3.02. The number of hydrogen-bond donors (Lipinski definition) is 0. The lowest BCUT2D eigenvalue weighted by Gasteiger charge is -2.12. The van der Waals surface area contributed by atoms with E-state index in [9.17, 15) is 0 Å². The monoisotopic (exact) mass is 528 g/mol. The van der Waals surface area contributed by atoms with Crippen molar-refractivity contribution in [2.75, 3.05) is 20.8 Å². The fourth-order valence-electron chi connectivity index (χ4n) is 3.01. The van der Waals surface area contributed by atoms with Crippen LogP contribution in [0.15, 0.2) is 34.8 Å². The molecule has 3 aromatic rings. The highest BCUT2D eigenvalue weighted by Crippen LogP contribution is 2.38. The van der Waals surface area contributed by atoms with E-state index < -0.39 is 0 Å². The number of rotatable bonds is 6. The van der Waals surface area contributed by atoms with E-state index in [2.05, 4.69) is 81.2 Å². The maximum absolute atomic E-state index is 5.65. The van der Waals surface area contributed by atoms with E-state index in [4.69, 9.17) is 14.5 Å². The second-order valence-corrected chi connectivity index (χ2v) is 8.36. The summed E-state index contributed by atoms with van der Waals surface area (Å²) in [6, 6.07) is 10.7. The maximum Gasteiger partial charge on any atom is 0.145 e. The van der Waals surface area contributed by atoms with Crippen LogP contribution in [-0.2, 0) is 11.3 Å². The van der Waals surface area contributed by atoms with Crippen molar-refractivity contribution in [1.82, 2.24) is 9.55 Å². The van der Waals surface area contributed by atoms with Gasteiger partial charge in [-0.3, -0.25) is 0 Å². The predicted molar refractivity (Wildman–Crippen MR) is 118 cm³/mol. The van der Waals surface area contributed by atoms with Gasteiger partial charge in [-0.15, -0.1) is 0 Å². The molecule has 0 aliphatic heterocycles. The zero-order valence-electron chi connectivity index (χ0n) is 15.3. The Balaban J connectivity index is 2.25. The molecule has 3 rings (SSSR count). The lowest BCUT2D eigenvalue weighted by Crippen LogP contribution is -2.07. The lowest BCUT2D eigenvalue weighted by atomic mass is 10.0. The third-order valence-corrected chi connectivity index (χ3v) is 6.91. The summed E-state index contributed by atoms with van der Waals surface area (Å²) in [5, 5.41) is 0. The van der Waals surface area contributed by atoms with Gasteiger partial charge in [0.25, 0.3) is 0 Å². The summed E-state index contributed by atoms with van der Waals surface area (Å²) >= 11 is 5.94. The first-order valence-corrected chi connectivity index (χ1v) is 10.4. The third kappa shape index (κ3) is 3.64.